The van der Waals surface area contributed by atoms with Crippen molar-refractivity contribution in [2.75, 3.05) is 5.43 Å². The van der Waals surface area contributed by atoms with Crippen molar-refractivity contribution in [3.05, 3.63) is 36.5 Å². The van der Waals surface area contributed by atoms with E-state index in [1.54, 1.807) is 29.4 Å². The lowest BCUT2D eigenvalue weighted by molar-refractivity contribution is -0.126. The number of carbonyl (C=O) groups is 2. The molecule has 1 aromatic rings. The molecule has 3 heterocycles. The number of hydrogen-bond donors (Lipinski definition) is 3. The summed E-state index contributed by atoms with van der Waals surface area (Å²) >= 11 is 0. The molecule has 3 N–H and O–H groups in total. The summed E-state index contributed by atoms with van der Waals surface area (Å²) in [5.41, 5.74) is 3.14. The van der Waals surface area contributed by atoms with Gasteiger partial charge in [0.05, 0.1) is 18.1 Å². The number of imide groups is 1. The smallest absolute Gasteiger partial charge is 0.246 e. The van der Waals surface area contributed by atoms with Gasteiger partial charge in [-0.2, -0.15) is 5.01 Å². The lowest BCUT2D eigenvalue weighted by Gasteiger charge is -2.42. The third-order valence-electron chi connectivity index (χ3n) is 5.08. The molecule has 1 aromatic heterocycles. The highest BCUT2D eigenvalue weighted by Crippen LogP contribution is 2.31. The van der Waals surface area contributed by atoms with Crippen molar-refractivity contribution in [1.82, 2.24) is 15.3 Å². The number of rotatable bonds is 6. The Bertz CT molecular complexity index is 660. The van der Waals surface area contributed by atoms with Crippen molar-refractivity contribution in [3.63, 3.8) is 0 Å². The largest absolute Gasteiger partial charge is 0.391 e. The summed E-state index contributed by atoms with van der Waals surface area (Å²) < 4.78 is 0. The Morgan fingerprint density at radius 1 is 1.24 bits per heavy atom. The van der Waals surface area contributed by atoms with Gasteiger partial charge in [0.25, 0.3) is 0 Å². The number of pyridine rings is 1. The van der Waals surface area contributed by atoms with Crippen molar-refractivity contribution in [1.29, 1.82) is 0 Å². The van der Waals surface area contributed by atoms with Gasteiger partial charge in [-0.15, -0.1) is 0 Å². The van der Waals surface area contributed by atoms with Crippen LogP contribution in [0.2, 0.25) is 0 Å². The number of aromatic nitrogens is 1. The number of nitrogens with one attached hydrogen (secondary N) is 2. The number of hydrogen-bond acceptors (Lipinski definition) is 6. The predicted molar refractivity (Wildman–Crippen MR) is 93.1 cm³/mol. The Kier molecular flexibility index (Phi) is 5.15. The first-order valence-electron chi connectivity index (χ1n) is 8.73. The van der Waals surface area contributed by atoms with Crippen LogP contribution in [0, 0.1) is 11.8 Å². The first-order valence-corrected chi connectivity index (χ1v) is 8.73. The van der Waals surface area contributed by atoms with Crippen molar-refractivity contribution in [2.24, 2.45) is 11.8 Å². The Morgan fingerprint density at radius 3 is 2.64 bits per heavy atom. The molecule has 2 aliphatic heterocycles. The van der Waals surface area contributed by atoms with E-state index in [1.807, 2.05) is 26.0 Å². The van der Waals surface area contributed by atoms with Gasteiger partial charge in [-0.3, -0.25) is 14.9 Å². The summed E-state index contributed by atoms with van der Waals surface area (Å²) in [4.78, 5) is 28.6. The molecule has 2 amide bonds. The molecule has 25 heavy (non-hydrogen) atoms. The van der Waals surface area contributed by atoms with E-state index < -0.39 is 24.1 Å². The highest BCUT2D eigenvalue weighted by molar-refractivity contribution is 6.08. The quantitative estimate of drug-likeness (QED) is 0.528. The summed E-state index contributed by atoms with van der Waals surface area (Å²) in [5, 5.41) is 14.9. The SMILES string of the molecule is CCC(CC)C(O)C1C=CC2C(=O)NC(=O)C2N1Nc1ccccn1. The van der Waals surface area contributed by atoms with Crippen LogP contribution >= 0.6 is 0 Å². The van der Waals surface area contributed by atoms with Crippen molar-refractivity contribution in [3.8, 4) is 0 Å². The highest BCUT2D eigenvalue weighted by atomic mass is 16.3. The molecule has 1 saturated heterocycles. The van der Waals surface area contributed by atoms with E-state index in [-0.39, 0.29) is 17.7 Å². The fourth-order valence-corrected chi connectivity index (χ4v) is 3.62. The van der Waals surface area contributed by atoms with Crippen LogP contribution in [0.15, 0.2) is 36.5 Å². The summed E-state index contributed by atoms with van der Waals surface area (Å²) in [6.07, 6.45) is 6.20. The molecule has 0 aromatic carbocycles. The van der Waals surface area contributed by atoms with Crippen LogP contribution in [-0.2, 0) is 9.59 Å². The molecular weight excluding hydrogens is 320 g/mol. The maximum Gasteiger partial charge on any atom is 0.246 e. The van der Waals surface area contributed by atoms with Crippen LogP contribution in [0.3, 0.4) is 0 Å². The Balaban J connectivity index is 1.94. The normalized spacial score (nSPS) is 27.3. The van der Waals surface area contributed by atoms with Crippen LogP contribution in [-0.4, -0.2) is 45.1 Å². The Labute approximate surface area is 147 Å². The van der Waals surface area contributed by atoms with Crippen LogP contribution in [0.5, 0.6) is 0 Å². The summed E-state index contributed by atoms with van der Waals surface area (Å²) in [6.45, 7) is 4.07. The number of aliphatic hydroxyl groups is 1. The molecular formula is C18H24N4O3. The van der Waals surface area contributed by atoms with Crippen LogP contribution in [0.25, 0.3) is 0 Å². The molecule has 7 heteroatoms. The van der Waals surface area contributed by atoms with Gasteiger partial charge >= 0.3 is 0 Å². The number of hydrazine groups is 1. The first-order chi connectivity index (χ1) is 12.1. The maximum atomic E-state index is 12.3. The molecule has 2 aliphatic rings. The summed E-state index contributed by atoms with van der Waals surface area (Å²) in [7, 11) is 0. The molecule has 4 atom stereocenters. The lowest BCUT2D eigenvalue weighted by atomic mass is 9.86. The first kappa shape index (κ1) is 17.6. The molecule has 4 unspecified atom stereocenters. The number of nitrogens with zero attached hydrogens (tertiary/aromatic N) is 2. The maximum absolute atomic E-state index is 12.3. The number of anilines is 1. The van der Waals surface area contributed by atoms with E-state index in [0.717, 1.165) is 12.8 Å². The fourth-order valence-electron chi connectivity index (χ4n) is 3.62. The second-order valence-electron chi connectivity index (χ2n) is 6.50. The van der Waals surface area contributed by atoms with Crippen LogP contribution in [0.4, 0.5) is 5.82 Å². The summed E-state index contributed by atoms with van der Waals surface area (Å²) in [5.74, 6) is -0.571. The molecule has 0 aliphatic carbocycles. The minimum absolute atomic E-state index is 0.0967. The monoisotopic (exact) mass is 344 g/mol. The average Bonchev–Trinajstić information content (AvgIpc) is 2.91. The Morgan fingerprint density at radius 2 is 2.00 bits per heavy atom. The topological polar surface area (TPSA) is 94.6 Å². The van der Waals surface area contributed by atoms with E-state index in [2.05, 4.69) is 15.7 Å². The van der Waals surface area contributed by atoms with E-state index in [1.165, 1.54) is 0 Å². The molecule has 7 nitrogen and oxygen atoms in total. The third-order valence-corrected chi connectivity index (χ3v) is 5.08. The molecule has 3 rings (SSSR count). The van der Waals surface area contributed by atoms with Gasteiger partial charge in [0, 0.05) is 6.20 Å². The van der Waals surface area contributed by atoms with Gasteiger partial charge in [-0.25, -0.2) is 4.98 Å². The van der Waals surface area contributed by atoms with Crippen molar-refractivity contribution >= 4 is 17.6 Å². The fraction of sp³-hybridized carbons (Fsp3) is 0.500. The minimum atomic E-state index is -0.700. The lowest BCUT2D eigenvalue weighted by Crippen LogP contribution is -2.58. The van der Waals surface area contributed by atoms with Crippen molar-refractivity contribution < 1.29 is 14.7 Å². The average molecular weight is 344 g/mol. The van der Waals surface area contributed by atoms with Gasteiger partial charge in [-0.05, 0) is 18.1 Å². The predicted octanol–water partition coefficient (Wildman–Crippen LogP) is 1.09. The van der Waals surface area contributed by atoms with Gasteiger partial charge in [-0.1, -0.05) is 44.9 Å². The zero-order valence-corrected chi connectivity index (χ0v) is 14.4. The van der Waals surface area contributed by atoms with Gasteiger partial charge in [0.2, 0.25) is 11.8 Å². The summed E-state index contributed by atoms with van der Waals surface area (Å²) in [6, 6.07) is 4.28. The zero-order chi connectivity index (χ0) is 18.0. The second-order valence-corrected chi connectivity index (χ2v) is 6.50. The number of amides is 2. The highest BCUT2D eigenvalue weighted by Gasteiger charge is 2.50. The molecule has 0 bridgehead atoms. The minimum Gasteiger partial charge on any atom is -0.391 e. The van der Waals surface area contributed by atoms with Gasteiger partial charge in [0.1, 0.15) is 11.9 Å². The molecule has 134 valence electrons. The van der Waals surface area contributed by atoms with Gasteiger partial charge < -0.3 is 10.5 Å². The zero-order valence-electron chi connectivity index (χ0n) is 14.4. The molecule has 0 saturated carbocycles. The van der Waals surface area contributed by atoms with Crippen LogP contribution < -0.4 is 10.7 Å². The molecule has 0 radical (unpaired) electrons. The van der Waals surface area contributed by atoms with Gasteiger partial charge in [0.15, 0.2) is 0 Å². The number of fused-ring (bicyclic) bond motifs is 1. The molecule has 1 fully saturated rings. The standard InChI is InChI=1S/C18H24N4O3/c1-3-11(4-2)16(23)13-9-8-12-15(18(25)20-17(12)24)22(13)21-14-7-5-6-10-19-14/h5-13,15-16,23H,3-4H2,1-2H3,(H,19,21)(H,20,24,25). The third kappa shape index (κ3) is 3.29. The van der Waals surface area contributed by atoms with E-state index in [9.17, 15) is 14.7 Å². The number of aliphatic hydroxyl groups excluding tert-OH is 1. The molecule has 0 spiro atoms. The van der Waals surface area contributed by atoms with E-state index >= 15 is 0 Å². The van der Waals surface area contributed by atoms with E-state index in [4.69, 9.17) is 0 Å². The number of carbonyl (C=O) groups excluding carboxylic acids is 2. The second kappa shape index (κ2) is 7.33. The van der Waals surface area contributed by atoms with E-state index in [0.29, 0.717) is 5.82 Å². The van der Waals surface area contributed by atoms with Crippen LogP contribution in [0.1, 0.15) is 26.7 Å². The van der Waals surface area contributed by atoms with Crippen molar-refractivity contribution in [2.45, 2.75) is 44.9 Å². The Hall–Kier alpha value is -2.25.